The minimum absolute atomic E-state index is 0.0123. The zero-order chi connectivity index (χ0) is 16.4. The molecule has 1 aromatic heterocycles. The average molecular weight is 331 g/mol. The highest BCUT2D eigenvalue weighted by molar-refractivity contribution is 7.12. The van der Waals surface area contributed by atoms with Gasteiger partial charge in [-0.05, 0) is 30.9 Å². The molecule has 0 aliphatic carbocycles. The standard InChI is InChI=1S/C18H21NO3S/c1-12-3-5-14(6-4-12)16-7-8-23-17(16)18(21)19-9-15(10-20)22-11-13(19)2/h3-8,13,15,20H,9-11H2,1-2H3. The molecule has 1 aliphatic heterocycles. The van der Waals surface area contributed by atoms with Crippen LogP contribution in [0.1, 0.15) is 22.2 Å². The third-order valence-electron chi connectivity index (χ3n) is 4.19. The molecule has 2 heterocycles. The van der Waals surface area contributed by atoms with Crippen LogP contribution in [0.4, 0.5) is 0 Å². The Balaban J connectivity index is 1.88. The molecule has 2 aromatic rings. The van der Waals surface area contributed by atoms with E-state index in [1.54, 1.807) is 0 Å². The van der Waals surface area contributed by atoms with Crippen molar-refractivity contribution in [2.24, 2.45) is 0 Å². The first-order valence-electron chi connectivity index (χ1n) is 7.78. The summed E-state index contributed by atoms with van der Waals surface area (Å²) >= 11 is 1.47. The molecule has 1 fully saturated rings. The molecule has 1 saturated heterocycles. The van der Waals surface area contributed by atoms with Crippen LogP contribution < -0.4 is 0 Å². The fraction of sp³-hybridized carbons (Fsp3) is 0.389. The summed E-state index contributed by atoms with van der Waals surface area (Å²) in [5.41, 5.74) is 3.23. The molecule has 1 amide bonds. The Bertz CT molecular complexity index is 680. The molecule has 5 heteroatoms. The van der Waals surface area contributed by atoms with E-state index >= 15 is 0 Å². The Labute approximate surface area is 140 Å². The van der Waals surface area contributed by atoms with E-state index in [0.717, 1.165) is 16.0 Å². The summed E-state index contributed by atoms with van der Waals surface area (Å²) in [5.74, 6) is 0.0184. The first-order valence-corrected chi connectivity index (χ1v) is 8.66. The summed E-state index contributed by atoms with van der Waals surface area (Å²) in [6, 6.07) is 10.2. The maximum atomic E-state index is 13.0. The summed E-state index contributed by atoms with van der Waals surface area (Å²) in [4.78, 5) is 15.6. The van der Waals surface area contributed by atoms with Crippen LogP contribution in [0, 0.1) is 6.92 Å². The second kappa shape index (κ2) is 6.83. The highest BCUT2D eigenvalue weighted by atomic mass is 32.1. The van der Waals surface area contributed by atoms with Crippen molar-refractivity contribution < 1.29 is 14.6 Å². The van der Waals surface area contributed by atoms with E-state index in [4.69, 9.17) is 4.74 Å². The van der Waals surface area contributed by atoms with Crippen LogP contribution in [0.25, 0.3) is 11.1 Å². The van der Waals surface area contributed by atoms with Crippen LogP contribution in [0.5, 0.6) is 0 Å². The third kappa shape index (κ3) is 3.32. The molecule has 0 radical (unpaired) electrons. The number of nitrogens with zero attached hydrogens (tertiary/aromatic N) is 1. The number of thiophene rings is 1. The summed E-state index contributed by atoms with van der Waals surface area (Å²) in [7, 11) is 0. The van der Waals surface area contributed by atoms with Crippen molar-refractivity contribution in [1.29, 1.82) is 0 Å². The number of rotatable bonds is 3. The van der Waals surface area contributed by atoms with Gasteiger partial charge in [-0.15, -0.1) is 11.3 Å². The van der Waals surface area contributed by atoms with E-state index in [-0.39, 0.29) is 24.7 Å². The molecule has 3 rings (SSSR count). The molecule has 1 N–H and O–H groups in total. The van der Waals surface area contributed by atoms with Crippen LogP contribution >= 0.6 is 11.3 Å². The van der Waals surface area contributed by atoms with Gasteiger partial charge in [0.05, 0.1) is 30.2 Å². The van der Waals surface area contributed by atoms with Gasteiger partial charge in [-0.25, -0.2) is 0 Å². The van der Waals surface area contributed by atoms with Crippen LogP contribution in [-0.4, -0.2) is 47.8 Å². The molecule has 2 atom stereocenters. The summed E-state index contributed by atoms with van der Waals surface area (Å²) < 4.78 is 5.52. The second-order valence-corrected chi connectivity index (χ2v) is 6.89. The average Bonchev–Trinajstić information content (AvgIpc) is 3.05. The molecule has 1 aromatic carbocycles. The lowest BCUT2D eigenvalue weighted by molar-refractivity contribution is -0.0666. The van der Waals surface area contributed by atoms with Crippen molar-refractivity contribution in [2.75, 3.05) is 19.8 Å². The van der Waals surface area contributed by atoms with Crippen molar-refractivity contribution in [3.05, 3.63) is 46.2 Å². The van der Waals surface area contributed by atoms with E-state index in [1.165, 1.54) is 16.9 Å². The van der Waals surface area contributed by atoms with Gasteiger partial charge in [-0.2, -0.15) is 0 Å². The lowest BCUT2D eigenvalue weighted by atomic mass is 10.0. The van der Waals surface area contributed by atoms with Gasteiger partial charge in [0.15, 0.2) is 0 Å². The van der Waals surface area contributed by atoms with Gasteiger partial charge in [0.25, 0.3) is 5.91 Å². The third-order valence-corrected chi connectivity index (χ3v) is 5.09. The topological polar surface area (TPSA) is 49.8 Å². The van der Waals surface area contributed by atoms with Gasteiger partial charge in [-0.1, -0.05) is 29.8 Å². The van der Waals surface area contributed by atoms with Crippen LogP contribution in [0.2, 0.25) is 0 Å². The van der Waals surface area contributed by atoms with Gasteiger partial charge in [-0.3, -0.25) is 4.79 Å². The summed E-state index contributed by atoms with van der Waals surface area (Å²) in [6.45, 7) is 4.86. The number of aryl methyl sites for hydroxylation is 1. The van der Waals surface area contributed by atoms with Crippen LogP contribution in [0.15, 0.2) is 35.7 Å². The predicted molar refractivity (Wildman–Crippen MR) is 91.8 cm³/mol. The van der Waals surface area contributed by atoms with Gasteiger partial charge in [0.1, 0.15) is 0 Å². The fourth-order valence-electron chi connectivity index (χ4n) is 2.78. The predicted octanol–water partition coefficient (Wildman–Crippen LogP) is 2.95. The lowest BCUT2D eigenvalue weighted by Crippen LogP contribution is -2.51. The second-order valence-electron chi connectivity index (χ2n) is 5.97. The van der Waals surface area contributed by atoms with Gasteiger partial charge in [0, 0.05) is 12.1 Å². The zero-order valence-electron chi connectivity index (χ0n) is 13.4. The maximum absolute atomic E-state index is 13.0. The summed E-state index contributed by atoms with van der Waals surface area (Å²) in [6.07, 6.45) is -0.294. The van der Waals surface area contributed by atoms with Crippen LogP contribution in [0.3, 0.4) is 0 Å². The van der Waals surface area contributed by atoms with Crippen molar-refractivity contribution in [3.63, 3.8) is 0 Å². The number of hydrogen-bond acceptors (Lipinski definition) is 4. The Morgan fingerprint density at radius 1 is 1.35 bits per heavy atom. The van der Waals surface area contributed by atoms with E-state index in [2.05, 4.69) is 12.1 Å². The van der Waals surface area contributed by atoms with Crippen molar-refractivity contribution >= 4 is 17.2 Å². The Morgan fingerprint density at radius 2 is 2.09 bits per heavy atom. The first-order chi connectivity index (χ1) is 11.1. The Kier molecular flexibility index (Phi) is 4.80. The Hall–Kier alpha value is -1.69. The molecule has 0 spiro atoms. The SMILES string of the molecule is Cc1ccc(-c2ccsc2C(=O)N2CC(CO)OCC2C)cc1. The molecule has 0 bridgehead atoms. The maximum Gasteiger partial charge on any atom is 0.264 e. The van der Waals surface area contributed by atoms with Crippen molar-refractivity contribution in [1.82, 2.24) is 4.90 Å². The minimum Gasteiger partial charge on any atom is -0.394 e. The molecular formula is C18H21NO3S. The number of amides is 1. The largest absolute Gasteiger partial charge is 0.394 e. The molecule has 4 nitrogen and oxygen atoms in total. The molecular weight excluding hydrogens is 310 g/mol. The monoisotopic (exact) mass is 331 g/mol. The van der Waals surface area contributed by atoms with Gasteiger partial charge < -0.3 is 14.7 Å². The number of carbonyl (C=O) groups is 1. The highest BCUT2D eigenvalue weighted by Gasteiger charge is 2.31. The quantitative estimate of drug-likeness (QED) is 0.941. The highest BCUT2D eigenvalue weighted by Crippen LogP contribution is 2.30. The van der Waals surface area contributed by atoms with Crippen molar-refractivity contribution in [2.45, 2.75) is 26.0 Å². The number of hydrogen-bond donors (Lipinski definition) is 1. The smallest absolute Gasteiger partial charge is 0.264 e. The number of aliphatic hydroxyl groups is 1. The molecule has 0 saturated carbocycles. The van der Waals surface area contributed by atoms with E-state index in [0.29, 0.717) is 13.2 Å². The van der Waals surface area contributed by atoms with Gasteiger partial charge in [0.2, 0.25) is 0 Å². The lowest BCUT2D eigenvalue weighted by Gasteiger charge is -2.37. The zero-order valence-corrected chi connectivity index (χ0v) is 14.2. The fourth-order valence-corrected chi connectivity index (χ4v) is 3.65. The molecule has 1 aliphatic rings. The Morgan fingerprint density at radius 3 is 2.78 bits per heavy atom. The molecule has 122 valence electrons. The number of morpholine rings is 1. The van der Waals surface area contributed by atoms with E-state index in [1.807, 2.05) is 42.3 Å². The van der Waals surface area contributed by atoms with Crippen molar-refractivity contribution in [3.8, 4) is 11.1 Å². The van der Waals surface area contributed by atoms with E-state index in [9.17, 15) is 9.90 Å². The minimum atomic E-state index is -0.294. The first kappa shape index (κ1) is 16.2. The number of carbonyl (C=O) groups excluding carboxylic acids is 1. The van der Waals surface area contributed by atoms with Crippen LogP contribution in [-0.2, 0) is 4.74 Å². The number of aliphatic hydroxyl groups excluding tert-OH is 1. The molecule has 23 heavy (non-hydrogen) atoms. The normalized spacial score (nSPS) is 21.4. The molecule has 2 unspecified atom stereocenters. The van der Waals surface area contributed by atoms with Gasteiger partial charge >= 0.3 is 0 Å². The number of benzene rings is 1. The summed E-state index contributed by atoms with van der Waals surface area (Å²) in [5, 5.41) is 11.3. The number of ether oxygens (including phenoxy) is 1. The van der Waals surface area contributed by atoms with E-state index < -0.39 is 0 Å².